The van der Waals surface area contributed by atoms with Gasteiger partial charge in [-0.05, 0) is 23.8 Å². The molecule has 0 bridgehead atoms. The molecular weight excluding hydrogens is 164 g/mol. The highest BCUT2D eigenvalue weighted by atomic mass is 16.3. The Labute approximate surface area is 75.8 Å². The highest BCUT2D eigenvalue weighted by molar-refractivity contribution is 5.66. The fourth-order valence-electron chi connectivity index (χ4n) is 1.23. The minimum Gasteiger partial charge on any atom is -0.508 e. The van der Waals surface area contributed by atoms with Gasteiger partial charge in [-0.2, -0.15) is 0 Å². The van der Waals surface area contributed by atoms with Gasteiger partial charge in [-0.1, -0.05) is 12.1 Å². The van der Waals surface area contributed by atoms with Gasteiger partial charge in [0.25, 0.3) is 0 Å². The van der Waals surface area contributed by atoms with Crippen LogP contribution in [-0.2, 0) is 0 Å². The fourth-order valence-corrected chi connectivity index (χ4v) is 1.23. The van der Waals surface area contributed by atoms with Crippen molar-refractivity contribution in [3.63, 3.8) is 0 Å². The number of aromatic amines is 1. The molecule has 1 aromatic heterocycles. The van der Waals surface area contributed by atoms with Crippen LogP contribution in [0.15, 0.2) is 36.5 Å². The van der Waals surface area contributed by atoms with Crippen LogP contribution in [0.4, 0.5) is 5.82 Å². The molecule has 0 aliphatic heterocycles. The van der Waals surface area contributed by atoms with Gasteiger partial charge in [0.05, 0.1) is 0 Å². The average Bonchev–Trinajstić information content (AvgIpc) is 2.53. The number of phenolic OH excluding ortho intramolecular Hbond substituents is 1. The molecule has 0 saturated heterocycles. The van der Waals surface area contributed by atoms with Gasteiger partial charge in [0.15, 0.2) is 0 Å². The predicted molar refractivity (Wildman–Crippen MR) is 52.3 cm³/mol. The number of hydrogen-bond donors (Lipinski definition) is 3. The number of phenols is 1. The van der Waals surface area contributed by atoms with Gasteiger partial charge >= 0.3 is 0 Å². The molecular formula is C10H10N2O. The van der Waals surface area contributed by atoms with Crippen molar-refractivity contribution in [2.75, 3.05) is 5.73 Å². The predicted octanol–water partition coefficient (Wildman–Crippen LogP) is 1.97. The summed E-state index contributed by atoms with van der Waals surface area (Å²) in [7, 11) is 0. The lowest BCUT2D eigenvalue weighted by atomic mass is 10.1. The Morgan fingerprint density at radius 3 is 2.31 bits per heavy atom. The first-order chi connectivity index (χ1) is 6.25. The van der Waals surface area contributed by atoms with Crippen molar-refractivity contribution in [3.8, 4) is 16.9 Å². The SMILES string of the molecule is Nc1cc(-c2ccc(O)cc2)c[nH]1. The summed E-state index contributed by atoms with van der Waals surface area (Å²) >= 11 is 0. The van der Waals surface area contributed by atoms with E-state index in [1.807, 2.05) is 24.4 Å². The third kappa shape index (κ3) is 1.49. The molecule has 0 fully saturated rings. The third-order valence-corrected chi connectivity index (χ3v) is 1.91. The molecule has 0 unspecified atom stereocenters. The summed E-state index contributed by atoms with van der Waals surface area (Å²) in [6, 6.07) is 8.85. The van der Waals surface area contributed by atoms with Crippen molar-refractivity contribution in [3.05, 3.63) is 36.5 Å². The number of H-pyrrole nitrogens is 1. The van der Waals surface area contributed by atoms with E-state index in [0.717, 1.165) is 11.1 Å². The van der Waals surface area contributed by atoms with Crippen molar-refractivity contribution in [2.45, 2.75) is 0 Å². The number of anilines is 1. The normalized spacial score (nSPS) is 10.2. The van der Waals surface area contributed by atoms with Gasteiger partial charge in [0.2, 0.25) is 0 Å². The quantitative estimate of drug-likeness (QED) is 0.619. The first-order valence-corrected chi connectivity index (χ1v) is 3.99. The zero-order valence-electron chi connectivity index (χ0n) is 6.99. The zero-order valence-corrected chi connectivity index (χ0v) is 6.99. The van der Waals surface area contributed by atoms with E-state index in [9.17, 15) is 0 Å². The maximum atomic E-state index is 9.08. The van der Waals surface area contributed by atoms with Crippen molar-refractivity contribution >= 4 is 5.82 Å². The Kier molecular flexibility index (Phi) is 1.70. The van der Waals surface area contributed by atoms with Crippen LogP contribution in [0.1, 0.15) is 0 Å². The largest absolute Gasteiger partial charge is 0.508 e. The number of rotatable bonds is 1. The minimum atomic E-state index is 0.271. The van der Waals surface area contributed by atoms with Crippen LogP contribution in [0.25, 0.3) is 11.1 Å². The second-order valence-electron chi connectivity index (χ2n) is 2.89. The lowest BCUT2D eigenvalue weighted by molar-refractivity contribution is 0.475. The van der Waals surface area contributed by atoms with Gasteiger partial charge < -0.3 is 15.8 Å². The second-order valence-corrected chi connectivity index (χ2v) is 2.89. The lowest BCUT2D eigenvalue weighted by Crippen LogP contribution is -1.79. The van der Waals surface area contributed by atoms with Crippen LogP contribution in [0, 0.1) is 0 Å². The van der Waals surface area contributed by atoms with Gasteiger partial charge in [-0.3, -0.25) is 0 Å². The molecule has 0 radical (unpaired) electrons. The first-order valence-electron chi connectivity index (χ1n) is 3.99. The topological polar surface area (TPSA) is 62.0 Å². The molecule has 1 aromatic carbocycles. The molecule has 4 N–H and O–H groups in total. The van der Waals surface area contributed by atoms with E-state index in [2.05, 4.69) is 4.98 Å². The number of benzene rings is 1. The maximum Gasteiger partial charge on any atom is 0.115 e. The molecule has 3 nitrogen and oxygen atoms in total. The summed E-state index contributed by atoms with van der Waals surface area (Å²) < 4.78 is 0. The summed E-state index contributed by atoms with van der Waals surface area (Å²) in [5.74, 6) is 0.912. The number of nitrogens with one attached hydrogen (secondary N) is 1. The Bertz CT molecular complexity index is 403. The second kappa shape index (κ2) is 2.86. The monoisotopic (exact) mass is 174 g/mol. The number of aromatic hydroxyl groups is 1. The van der Waals surface area contributed by atoms with Crippen LogP contribution in [-0.4, -0.2) is 10.1 Å². The van der Waals surface area contributed by atoms with Crippen molar-refractivity contribution < 1.29 is 5.11 Å². The van der Waals surface area contributed by atoms with Crippen LogP contribution in [0.3, 0.4) is 0 Å². The standard InChI is InChI=1S/C10H10N2O/c11-10-5-8(6-12-10)7-1-3-9(13)4-2-7/h1-6,12-13H,11H2. The van der Waals surface area contributed by atoms with Gasteiger partial charge in [0, 0.05) is 11.8 Å². The zero-order chi connectivity index (χ0) is 9.26. The molecule has 3 heteroatoms. The first kappa shape index (κ1) is 7.73. The molecule has 0 aliphatic carbocycles. The van der Waals surface area contributed by atoms with E-state index < -0.39 is 0 Å². The summed E-state index contributed by atoms with van der Waals surface area (Å²) in [6.45, 7) is 0. The van der Waals surface area contributed by atoms with E-state index >= 15 is 0 Å². The summed E-state index contributed by atoms with van der Waals surface area (Å²) in [4.78, 5) is 2.90. The summed E-state index contributed by atoms with van der Waals surface area (Å²) in [6.07, 6.45) is 1.84. The molecule has 0 amide bonds. The molecule has 1 heterocycles. The molecule has 2 rings (SSSR count). The maximum absolute atomic E-state index is 9.08. The number of hydrogen-bond acceptors (Lipinski definition) is 2. The molecule has 2 aromatic rings. The van der Waals surface area contributed by atoms with Crippen molar-refractivity contribution in [1.82, 2.24) is 4.98 Å². The van der Waals surface area contributed by atoms with Crippen LogP contribution < -0.4 is 5.73 Å². The van der Waals surface area contributed by atoms with Crippen molar-refractivity contribution in [1.29, 1.82) is 0 Å². The van der Waals surface area contributed by atoms with E-state index in [1.165, 1.54) is 0 Å². The van der Waals surface area contributed by atoms with Crippen LogP contribution in [0.5, 0.6) is 5.75 Å². The van der Waals surface area contributed by atoms with Crippen molar-refractivity contribution in [2.24, 2.45) is 0 Å². The fraction of sp³-hybridized carbons (Fsp3) is 0. The van der Waals surface area contributed by atoms with E-state index in [-0.39, 0.29) is 5.75 Å². The average molecular weight is 174 g/mol. The minimum absolute atomic E-state index is 0.271. The van der Waals surface area contributed by atoms with E-state index in [4.69, 9.17) is 10.8 Å². The number of aromatic nitrogens is 1. The number of nitrogen functional groups attached to an aromatic ring is 1. The Morgan fingerprint density at radius 1 is 1.08 bits per heavy atom. The van der Waals surface area contributed by atoms with Gasteiger partial charge in [0.1, 0.15) is 11.6 Å². The third-order valence-electron chi connectivity index (χ3n) is 1.91. The van der Waals surface area contributed by atoms with E-state index in [0.29, 0.717) is 5.82 Å². The van der Waals surface area contributed by atoms with E-state index in [1.54, 1.807) is 12.1 Å². The molecule has 0 aliphatic rings. The summed E-state index contributed by atoms with van der Waals surface area (Å²) in [5, 5.41) is 9.08. The Hall–Kier alpha value is -1.90. The molecule has 0 saturated carbocycles. The Balaban J connectivity index is 2.41. The lowest BCUT2D eigenvalue weighted by Gasteiger charge is -1.96. The van der Waals surface area contributed by atoms with Crippen LogP contribution >= 0.6 is 0 Å². The Morgan fingerprint density at radius 2 is 1.77 bits per heavy atom. The molecule has 0 atom stereocenters. The molecule has 66 valence electrons. The smallest absolute Gasteiger partial charge is 0.115 e. The highest BCUT2D eigenvalue weighted by Crippen LogP contribution is 2.22. The van der Waals surface area contributed by atoms with Crippen LogP contribution in [0.2, 0.25) is 0 Å². The van der Waals surface area contributed by atoms with Gasteiger partial charge in [-0.25, -0.2) is 0 Å². The highest BCUT2D eigenvalue weighted by Gasteiger charge is 1.98. The molecule has 13 heavy (non-hydrogen) atoms. The summed E-state index contributed by atoms with van der Waals surface area (Å²) in [5.41, 5.74) is 7.60. The molecule has 0 spiro atoms. The van der Waals surface area contributed by atoms with Gasteiger partial charge in [-0.15, -0.1) is 0 Å². The number of nitrogens with two attached hydrogens (primary N) is 1.